The number of ketones is 1. The van der Waals surface area contributed by atoms with E-state index in [0.29, 0.717) is 11.6 Å². The summed E-state index contributed by atoms with van der Waals surface area (Å²) >= 11 is 1.51. The molecule has 130 valence electrons. The van der Waals surface area contributed by atoms with Gasteiger partial charge >= 0.3 is 0 Å². The average Bonchev–Trinajstić information content (AvgIpc) is 2.94. The van der Waals surface area contributed by atoms with Crippen LogP contribution < -0.4 is 5.32 Å². The van der Waals surface area contributed by atoms with Crippen LogP contribution in [-0.4, -0.2) is 26.8 Å². The second-order valence-corrected chi connectivity index (χ2v) is 8.41. The van der Waals surface area contributed by atoms with Gasteiger partial charge in [0.1, 0.15) is 6.04 Å². The van der Waals surface area contributed by atoms with Gasteiger partial charge in [-0.05, 0) is 30.6 Å². The highest BCUT2D eigenvalue weighted by Crippen LogP contribution is 2.45. The molecular formula is C19H22N4OS. The van der Waals surface area contributed by atoms with Crippen LogP contribution in [0, 0.1) is 12.3 Å². The van der Waals surface area contributed by atoms with Crippen molar-refractivity contribution in [2.45, 2.75) is 44.8 Å². The van der Waals surface area contributed by atoms with E-state index in [0.717, 1.165) is 29.2 Å². The summed E-state index contributed by atoms with van der Waals surface area (Å²) in [5, 5.41) is 8.74. The van der Waals surface area contributed by atoms with Gasteiger partial charge in [0.05, 0.1) is 0 Å². The molecule has 0 saturated carbocycles. The largest absolute Gasteiger partial charge is 0.328 e. The van der Waals surface area contributed by atoms with E-state index in [-0.39, 0.29) is 17.2 Å². The van der Waals surface area contributed by atoms with Gasteiger partial charge in [0, 0.05) is 17.7 Å². The van der Waals surface area contributed by atoms with Gasteiger partial charge in [-0.1, -0.05) is 55.4 Å². The average molecular weight is 354 g/mol. The molecule has 1 atom stereocenters. The van der Waals surface area contributed by atoms with Crippen LogP contribution in [0.4, 0.5) is 5.95 Å². The van der Waals surface area contributed by atoms with Crippen molar-refractivity contribution in [3.63, 3.8) is 0 Å². The molecule has 5 nitrogen and oxygen atoms in total. The number of aryl methyl sites for hydroxylation is 1. The van der Waals surface area contributed by atoms with E-state index in [1.165, 1.54) is 17.3 Å². The maximum atomic E-state index is 13.0. The summed E-state index contributed by atoms with van der Waals surface area (Å²) in [5.41, 5.74) is 4.06. The van der Waals surface area contributed by atoms with Gasteiger partial charge in [-0.2, -0.15) is 4.98 Å². The fourth-order valence-electron chi connectivity index (χ4n) is 3.82. The number of nitrogens with one attached hydrogen (secondary N) is 1. The van der Waals surface area contributed by atoms with Crippen molar-refractivity contribution in [1.29, 1.82) is 0 Å². The van der Waals surface area contributed by atoms with Crippen LogP contribution in [-0.2, 0) is 4.79 Å². The zero-order chi connectivity index (χ0) is 17.8. The highest BCUT2D eigenvalue weighted by Gasteiger charge is 2.41. The number of hydrogen-bond donors (Lipinski definition) is 1. The Hall–Kier alpha value is -2.08. The van der Waals surface area contributed by atoms with Crippen molar-refractivity contribution >= 4 is 23.5 Å². The van der Waals surface area contributed by atoms with E-state index in [9.17, 15) is 4.79 Å². The Morgan fingerprint density at radius 2 is 2.12 bits per heavy atom. The fraction of sp³-hybridized carbons (Fsp3) is 0.421. The predicted molar refractivity (Wildman–Crippen MR) is 99.8 cm³/mol. The van der Waals surface area contributed by atoms with Gasteiger partial charge in [-0.15, -0.1) is 5.10 Å². The molecule has 2 aromatic rings. The van der Waals surface area contributed by atoms with Crippen LogP contribution in [0.25, 0.3) is 0 Å². The van der Waals surface area contributed by atoms with E-state index in [2.05, 4.69) is 54.4 Å². The topological polar surface area (TPSA) is 59.8 Å². The summed E-state index contributed by atoms with van der Waals surface area (Å²) in [5.74, 6) is 0.928. The van der Waals surface area contributed by atoms with Crippen LogP contribution >= 0.6 is 11.8 Å². The molecule has 0 saturated heterocycles. The van der Waals surface area contributed by atoms with Crippen molar-refractivity contribution < 1.29 is 4.79 Å². The number of carbonyl (C=O) groups is 1. The molecule has 0 fully saturated rings. The lowest BCUT2D eigenvalue weighted by molar-refractivity contribution is -0.118. The third-order valence-electron chi connectivity index (χ3n) is 4.85. The van der Waals surface area contributed by atoms with Crippen LogP contribution in [0.15, 0.2) is 40.7 Å². The monoisotopic (exact) mass is 354 g/mol. The Labute approximate surface area is 151 Å². The molecule has 0 radical (unpaired) electrons. The van der Waals surface area contributed by atoms with Gasteiger partial charge in [-0.3, -0.25) is 4.79 Å². The highest BCUT2D eigenvalue weighted by molar-refractivity contribution is 7.98. The molecule has 1 N–H and O–H groups in total. The van der Waals surface area contributed by atoms with E-state index in [1.54, 1.807) is 0 Å². The van der Waals surface area contributed by atoms with Crippen LogP contribution in [0.3, 0.4) is 0 Å². The number of hydrogen-bond acceptors (Lipinski definition) is 5. The van der Waals surface area contributed by atoms with Crippen LogP contribution in [0.5, 0.6) is 0 Å². The highest BCUT2D eigenvalue weighted by atomic mass is 32.2. The van der Waals surface area contributed by atoms with Gasteiger partial charge in [0.2, 0.25) is 11.1 Å². The molecule has 0 amide bonds. The van der Waals surface area contributed by atoms with Crippen molar-refractivity contribution in [2.24, 2.45) is 5.41 Å². The Kier molecular flexibility index (Phi) is 3.76. The first kappa shape index (κ1) is 16.4. The Morgan fingerprint density at radius 3 is 2.84 bits per heavy atom. The number of thioether (sulfide) groups is 1. The molecule has 0 unspecified atom stereocenters. The SMILES string of the molecule is CSc1nc2n(n1)[C@H](c1cccc(C)c1)C1=C(CC(C)(C)CC1=O)N2. The first-order valence-corrected chi connectivity index (χ1v) is 9.71. The van der Waals surface area contributed by atoms with Gasteiger partial charge in [0.25, 0.3) is 0 Å². The second kappa shape index (κ2) is 5.73. The second-order valence-electron chi connectivity index (χ2n) is 7.64. The number of carbonyl (C=O) groups excluding carboxylic acids is 1. The zero-order valence-corrected chi connectivity index (χ0v) is 15.8. The number of benzene rings is 1. The number of rotatable bonds is 2. The molecular weight excluding hydrogens is 332 g/mol. The summed E-state index contributed by atoms with van der Waals surface area (Å²) < 4.78 is 1.87. The van der Waals surface area contributed by atoms with E-state index in [1.807, 2.05) is 17.0 Å². The summed E-state index contributed by atoms with van der Waals surface area (Å²) in [7, 11) is 0. The van der Waals surface area contributed by atoms with Crippen molar-refractivity contribution in [2.75, 3.05) is 11.6 Å². The van der Waals surface area contributed by atoms with Crippen molar-refractivity contribution in [3.8, 4) is 0 Å². The van der Waals surface area contributed by atoms with Crippen molar-refractivity contribution in [1.82, 2.24) is 14.8 Å². The number of anilines is 1. The van der Waals surface area contributed by atoms with Crippen molar-refractivity contribution in [3.05, 3.63) is 46.7 Å². The lowest BCUT2D eigenvalue weighted by Gasteiger charge is -2.38. The quantitative estimate of drug-likeness (QED) is 0.827. The number of aromatic nitrogens is 3. The Morgan fingerprint density at radius 1 is 1.32 bits per heavy atom. The molecule has 1 aromatic carbocycles. The maximum Gasteiger partial charge on any atom is 0.227 e. The minimum atomic E-state index is -0.205. The normalized spacial score (nSPS) is 21.6. The summed E-state index contributed by atoms with van der Waals surface area (Å²) in [6, 6.07) is 8.11. The van der Waals surface area contributed by atoms with E-state index in [4.69, 9.17) is 0 Å². The third kappa shape index (κ3) is 2.78. The molecule has 6 heteroatoms. The van der Waals surface area contributed by atoms with E-state index < -0.39 is 0 Å². The number of nitrogens with zero attached hydrogens (tertiary/aromatic N) is 3. The lowest BCUT2D eigenvalue weighted by atomic mass is 9.73. The smallest absolute Gasteiger partial charge is 0.227 e. The predicted octanol–water partition coefficient (Wildman–Crippen LogP) is 3.97. The standard InChI is InChI=1S/C19H22N4OS/c1-11-6-5-7-12(8-11)16-15-13(9-19(2,3)10-14(15)24)20-17-21-18(25-4)22-23(16)17/h5-8,16H,9-10H2,1-4H3,(H,20,21,22)/t16-/m1/s1. The van der Waals surface area contributed by atoms with Crippen LogP contribution in [0.2, 0.25) is 0 Å². The minimum absolute atomic E-state index is 0.0371. The molecule has 1 aromatic heterocycles. The molecule has 0 bridgehead atoms. The van der Waals surface area contributed by atoms with E-state index >= 15 is 0 Å². The number of allylic oxidation sites excluding steroid dienone is 2. The minimum Gasteiger partial charge on any atom is -0.328 e. The lowest BCUT2D eigenvalue weighted by Crippen LogP contribution is -2.36. The van der Waals surface area contributed by atoms with Crippen LogP contribution in [0.1, 0.15) is 43.9 Å². The number of Topliss-reactive ketones (excluding diaryl/α,β-unsaturated/α-hetero) is 1. The van der Waals surface area contributed by atoms with Gasteiger partial charge in [-0.25, -0.2) is 4.68 Å². The fourth-order valence-corrected chi connectivity index (χ4v) is 4.17. The molecule has 1 aliphatic carbocycles. The maximum absolute atomic E-state index is 13.0. The van der Waals surface area contributed by atoms with Gasteiger partial charge < -0.3 is 5.32 Å². The molecule has 4 rings (SSSR count). The van der Waals surface area contributed by atoms with Gasteiger partial charge in [0.15, 0.2) is 5.78 Å². The molecule has 1 aliphatic heterocycles. The number of fused-ring (bicyclic) bond motifs is 1. The molecule has 2 heterocycles. The third-order valence-corrected chi connectivity index (χ3v) is 5.39. The molecule has 25 heavy (non-hydrogen) atoms. The molecule has 0 spiro atoms. The zero-order valence-electron chi connectivity index (χ0n) is 15.0. The first-order valence-electron chi connectivity index (χ1n) is 8.48. The Balaban J connectivity index is 1.92. The summed E-state index contributed by atoms with van der Waals surface area (Å²) in [6.07, 6.45) is 3.37. The Bertz CT molecular complexity index is 897. The molecule has 2 aliphatic rings. The summed E-state index contributed by atoms with van der Waals surface area (Å²) in [4.78, 5) is 17.6. The summed E-state index contributed by atoms with van der Waals surface area (Å²) in [6.45, 7) is 6.36. The first-order chi connectivity index (χ1) is 11.9.